The molecule has 2 aromatic heterocycles. The van der Waals surface area contributed by atoms with E-state index < -0.39 is 0 Å². The van der Waals surface area contributed by atoms with Gasteiger partial charge in [-0.05, 0) is 35.4 Å². The molecule has 4 aromatic carbocycles. The number of aromatic nitrogens is 2. The monoisotopic (exact) mass is 872 g/mol. The van der Waals surface area contributed by atoms with Crippen molar-refractivity contribution in [2.45, 2.75) is 0 Å². The zero-order valence-electron chi connectivity index (χ0n) is 30.5. The summed E-state index contributed by atoms with van der Waals surface area (Å²) in [5.41, 5.74) is 4.36. The van der Waals surface area contributed by atoms with Crippen LogP contribution in [0.25, 0.3) is 32.6 Å². The van der Waals surface area contributed by atoms with Gasteiger partial charge in [0, 0.05) is 63.8 Å². The summed E-state index contributed by atoms with van der Waals surface area (Å²) in [6, 6.07) is 33.0. The summed E-state index contributed by atoms with van der Waals surface area (Å²) in [4.78, 5) is 39.2. The number of fused-ring (bicyclic) bond motifs is 2. The van der Waals surface area contributed by atoms with Gasteiger partial charge in [-0.15, -0.1) is 11.5 Å². The van der Waals surface area contributed by atoms with E-state index in [2.05, 4.69) is 44.4 Å². The molecule has 0 aliphatic carbocycles. The molecule has 12 nitrogen and oxygen atoms in total. The van der Waals surface area contributed by atoms with Gasteiger partial charge >= 0.3 is 33.0 Å². The Labute approximate surface area is 356 Å². The smallest absolute Gasteiger partial charge is 0.872 e. The number of thiocarbonyl (C=S) groups is 2. The fourth-order valence-corrected chi connectivity index (χ4v) is 3.84. The molecule has 292 valence electrons. The van der Waals surface area contributed by atoms with Crippen molar-refractivity contribution in [2.24, 2.45) is 9.98 Å². The Hall–Kier alpha value is -5.83. The minimum atomic E-state index is -0.0283. The Morgan fingerprint density at radius 1 is 0.571 bits per heavy atom. The van der Waals surface area contributed by atoms with E-state index in [4.69, 9.17) is 10.8 Å². The maximum Gasteiger partial charge on any atom is 2.00 e. The van der Waals surface area contributed by atoms with Crippen LogP contribution in [0.5, 0.6) is 11.5 Å². The average Bonchev–Trinajstić information content (AvgIpc) is 3.18. The summed E-state index contributed by atoms with van der Waals surface area (Å²) in [7, 11) is 6.75. The molecule has 0 bridgehead atoms. The van der Waals surface area contributed by atoms with Crippen LogP contribution < -0.4 is 10.2 Å². The summed E-state index contributed by atoms with van der Waals surface area (Å²) in [5.74, 6) is -0.0566. The molecule has 0 saturated heterocycles. The van der Waals surface area contributed by atoms with Crippen molar-refractivity contribution in [1.82, 2.24) is 19.8 Å². The predicted molar refractivity (Wildman–Crippen MR) is 221 cm³/mol. The third-order valence-corrected chi connectivity index (χ3v) is 6.17. The molecule has 0 fully saturated rings. The Kier molecular flexibility index (Phi) is 29.4. The molecule has 0 atom stereocenters. The first-order chi connectivity index (χ1) is 26.1. The number of aliphatic imine (C=N–C) groups is 2. The molecular formula is C40H36N8Ni2O4S2. The Bertz CT molecular complexity index is 2030. The van der Waals surface area contributed by atoms with E-state index in [0.717, 1.165) is 46.0 Å². The fraction of sp³-hybridized carbons (Fsp3) is 0.100. The standard InChI is InChI=1S/2C16H12N2O.2C3H7NO.2CNS.2Ni/c2*19-15-9-2-1-5-13(15)11-18-14-8-3-6-12-7-4-10-17-16(12)14;2*1-4(2)3-5;2*2-1-3;;/h2*1-11,19H;2*3H,1-2H3;;;;/q;;;;2*-1;2*+2/p-2. The van der Waals surface area contributed by atoms with Crippen LogP contribution in [0.3, 0.4) is 0 Å². The van der Waals surface area contributed by atoms with Crippen molar-refractivity contribution >= 4 is 93.2 Å². The van der Waals surface area contributed by atoms with Crippen molar-refractivity contribution in [1.29, 1.82) is 0 Å². The summed E-state index contributed by atoms with van der Waals surface area (Å²) in [5, 5.41) is 42.2. The maximum atomic E-state index is 11.6. The molecule has 0 radical (unpaired) electrons. The van der Waals surface area contributed by atoms with E-state index in [1.807, 2.05) is 72.8 Å². The molecule has 0 aliphatic heterocycles. The van der Waals surface area contributed by atoms with Crippen LogP contribution in [0, 0.1) is 0 Å². The Morgan fingerprint density at radius 2 is 0.875 bits per heavy atom. The fourth-order valence-electron chi connectivity index (χ4n) is 3.84. The second kappa shape index (κ2) is 31.5. The minimum absolute atomic E-state index is 0. The molecule has 6 aromatic rings. The SMILES string of the molecule is CN(C)C=O.CN(C)C=O.[N-]=C=S.[N-]=C=S.[Ni+2].[Ni+2].[O-]c1ccccc1C=Nc1cccc2cccnc12.[O-]c1ccccc1C=Nc1cccc2cccnc12. The molecule has 2 heterocycles. The van der Waals surface area contributed by atoms with Crippen molar-refractivity contribution in [3.05, 3.63) is 144 Å². The van der Waals surface area contributed by atoms with Gasteiger partial charge < -0.3 is 30.8 Å². The molecule has 2 amide bonds. The molecular weight excluding hydrogens is 838 g/mol. The topological polar surface area (TPSA) is 182 Å². The van der Waals surface area contributed by atoms with Crippen LogP contribution in [0.2, 0.25) is 0 Å². The predicted octanol–water partition coefficient (Wildman–Crippen LogP) is 6.84. The number of carbonyl (C=O) groups excluding carboxylic acids is 2. The van der Waals surface area contributed by atoms with Crippen LogP contribution in [0.15, 0.2) is 132 Å². The number of rotatable bonds is 6. The summed E-state index contributed by atoms with van der Waals surface area (Å²) in [6.07, 6.45) is 8.16. The molecule has 56 heavy (non-hydrogen) atoms. The third kappa shape index (κ3) is 20.6. The number of hydrogen-bond donors (Lipinski definition) is 0. The Morgan fingerprint density at radius 3 is 1.18 bits per heavy atom. The van der Waals surface area contributed by atoms with Crippen LogP contribution >= 0.6 is 24.4 Å². The van der Waals surface area contributed by atoms with Crippen LogP contribution in [-0.2, 0) is 42.6 Å². The van der Waals surface area contributed by atoms with Gasteiger partial charge in [0.1, 0.15) is 0 Å². The van der Waals surface area contributed by atoms with E-state index in [1.165, 1.54) is 32.3 Å². The maximum absolute atomic E-state index is 11.6. The van der Waals surface area contributed by atoms with Crippen LogP contribution in [-0.4, -0.2) is 83.5 Å². The van der Waals surface area contributed by atoms with Gasteiger partial charge in [0.2, 0.25) is 12.8 Å². The molecule has 0 saturated carbocycles. The van der Waals surface area contributed by atoms with Crippen molar-refractivity contribution in [3.63, 3.8) is 0 Å². The first-order valence-corrected chi connectivity index (χ1v) is 16.4. The molecule has 0 spiro atoms. The number of benzene rings is 4. The van der Waals surface area contributed by atoms with Gasteiger partial charge in [-0.25, -0.2) is 0 Å². The average molecular weight is 874 g/mol. The number of isothiocyanates is 2. The number of amides is 2. The van der Waals surface area contributed by atoms with E-state index in [1.54, 1.807) is 77.3 Å². The van der Waals surface area contributed by atoms with Crippen molar-refractivity contribution in [3.8, 4) is 11.5 Å². The van der Waals surface area contributed by atoms with Gasteiger partial charge in [0.05, 0.1) is 22.4 Å². The summed E-state index contributed by atoms with van der Waals surface area (Å²) in [6.45, 7) is 0. The molecule has 0 aliphatic rings. The van der Waals surface area contributed by atoms with Crippen LogP contribution in [0.1, 0.15) is 11.1 Å². The number of pyridine rings is 2. The molecule has 0 unspecified atom stereocenters. The quantitative estimate of drug-likeness (QED) is 0.0755. The minimum Gasteiger partial charge on any atom is -0.872 e. The van der Waals surface area contributed by atoms with Gasteiger partial charge in [-0.1, -0.05) is 109 Å². The first-order valence-electron chi connectivity index (χ1n) is 15.6. The van der Waals surface area contributed by atoms with E-state index >= 15 is 0 Å². The number of para-hydroxylation sites is 4. The largest absolute Gasteiger partial charge is 2.00 e. The van der Waals surface area contributed by atoms with Gasteiger partial charge in [-0.2, -0.15) is 10.3 Å². The molecule has 16 heteroatoms. The summed E-state index contributed by atoms with van der Waals surface area (Å²) >= 11 is 7.40. The second-order valence-electron chi connectivity index (χ2n) is 10.6. The zero-order valence-corrected chi connectivity index (χ0v) is 34.1. The van der Waals surface area contributed by atoms with E-state index in [9.17, 15) is 19.8 Å². The first kappa shape index (κ1) is 52.3. The normalized spacial score (nSPS) is 9.07. The number of hydrogen-bond acceptors (Lipinski definition) is 10. The van der Waals surface area contributed by atoms with Crippen molar-refractivity contribution in [2.75, 3.05) is 28.2 Å². The summed E-state index contributed by atoms with van der Waals surface area (Å²) < 4.78 is 0. The van der Waals surface area contributed by atoms with E-state index in [0.29, 0.717) is 11.1 Å². The zero-order chi connectivity index (χ0) is 40.1. The third-order valence-electron chi connectivity index (χ3n) is 6.17. The number of carbonyl (C=O) groups is 2. The van der Waals surface area contributed by atoms with Gasteiger partial charge in [0.25, 0.3) is 0 Å². The molecule has 6 rings (SSSR count). The van der Waals surface area contributed by atoms with E-state index in [-0.39, 0.29) is 44.5 Å². The van der Waals surface area contributed by atoms with Gasteiger partial charge in [-0.3, -0.25) is 29.5 Å². The van der Waals surface area contributed by atoms with Crippen LogP contribution in [0.4, 0.5) is 11.4 Å². The Balaban J connectivity index is 0. The van der Waals surface area contributed by atoms with Gasteiger partial charge in [0.15, 0.2) is 0 Å². The van der Waals surface area contributed by atoms with Crippen molar-refractivity contribution < 1.29 is 52.8 Å². The molecule has 0 N–H and O–H groups in total. The second-order valence-corrected chi connectivity index (χ2v) is 11.0. The number of nitrogens with zero attached hydrogens (tertiary/aromatic N) is 8.